The van der Waals surface area contributed by atoms with Gasteiger partial charge in [0.2, 0.25) is 5.91 Å². The number of amides is 2. The van der Waals surface area contributed by atoms with Crippen LogP contribution < -0.4 is 0 Å². The zero-order valence-electron chi connectivity index (χ0n) is 15.0. The first kappa shape index (κ1) is 17.1. The van der Waals surface area contributed by atoms with E-state index in [1.54, 1.807) is 4.90 Å². The Morgan fingerprint density at radius 3 is 1.68 bits per heavy atom. The van der Waals surface area contributed by atoms with Gasteiger partial charge >= 0.3 is 6.09 Å². The van der Waals surface area contributed by atoms with Gasteiger partial charge in [0.1, 0.15) is 5.60 Å². The molecule has 0 aromatic rings. The second-order valence-corrected chi connectivity index (χ2v) is 8.67. The Morgan fingerprint density at radius 1 is 0.909 bits per heavy atom. The van der Waals surface area contributed by atoms with E-state index < -0.39 is 5.60 Å². The molecule has 22 heavy (non-hydrogen) atoms. The van der Waals surface area contributed by atoms with Gasteiger partial charge in [-0.1, -0.05) is 27.7 Å². The number of piperazine rings is 1. The number of carbonyl (C=O) groups is 2. The Bertz CT molecular complexity index is 455. The molecule has 2 aliphatic rings. The first-order chi connectivity index (χ1) is 9.88. The molecular weight excluding hydrogens is 280 g/mol. The summed E-state index contributed by atoms with van der Waals surface area (Å²) in [5.41, 5.74) is -0.356. The van der Waals surface area contributed by atoms with Crippen LogP contribution in [0.1, 0.15) is 48.5 Å². The molecule has 126 valence electrons. The van der Waals surface area contributed by atoms with Crippen molar-refractivity contribution in [3.8, 4) is 0 Å². The summed E-state index contributed by atoms with van der Waals surface area (Å²) in [6, 6.07) is 0. The molecule has 5 nitrogen and oxygen atoms in total. The fourth-order valence-electron chi connectivity index (χ4n) is 3.43. The van der Waals surface area contributed by atoms with Gasteiger partial charge < -0.3 is 14.5 Å². The summed E-state index contributed by atoms with van der Waals surface area (Å²) in [4.78, 5) is 28.3. The minimum atomic E-state index is -0.480. The molecule has 2 amide bonds. The second kappa shape index (κ2) is 5.14. The molecule has 2 fully saturated rings. The lowest BCUT2D eigenvalue weighted by Crippen LogP contribution is -2.52. The summed E-state index contributed by atoms with van der Waals surface area (Å²) < 4.78 is 5.38. The van der Waals surface area contributed by atoms with E-state index in [9.17, 15) is 9.59 Å². The van der Waals surface area contributed by atoms with Crippen molar-refractivity contribution in [2.24, 2.45) is 16.7 Å². The van der Waals surface area contributed by atoms with Gasteiger partial charge in [-0.05, 0) is 31.6 Å². The largest absolute Gasteiger partial charge is 0.444 e. The van der Waals surface area contributed by atoms with Crippen LogP contribution in [-0.4, -0.2) is 53.6 Å². The van der Waals surface area contributed by atoms with E-state index in [-0.39, 0.29) is 28.7 Å². The Balaban J connectivity index is 1.88. The van der Waals surface area contributed by atoms with Crippen LogP contribution in [-0.2, 0) is 9.53 Å². The third-order valence-corrected chi connectivity index (χ3v) is 5.51. The van der Waals surface area contributed by atoms with Gasteiger partial charge in [-0.25, -0.2) is 4.79 Å². The number of ether oxygens (including phenoxy) is 1. The topological polar surface area (TPSA) is 49.9 Å². The average molecular weight is 310 g/mol. The summed E-state index contributed by atoms with van der Waals surface area (Å²) in [5.74, 6) is 0.326. The number of nitrogens with zero attached hydrogens (tertiary/aromatic N) is 2. The third kappa shape index (κ3) is 2.95. The van der Waals surface area contributed by atoms with Crippen molar-refractivity contribution in [3.63, 3.8) is 0 Å². The van der Waals surface area contributed by atoms with E-state index in [0.29, 0.717) is 26.2 Å². The highest BCUT2D eigenvalue weighted by Gasteiger charge is 2.68. The van der Waals surface area contributed by atoms with Gasteiger partial charge in [0.05, 0.1) is 0 Å². The van der Waals surface area contributed by atoms with Crippen molar-refractivity contribution in [2.75, 3.05) is 26.2 Å². The van der Waals surface area contributed by atoms with Crippen LogP contribution in [0.5, 0.6) is 0 Å². The summed E-state index contributed by atoms with van der Waals surface area (Å²) in [6.45, 7) is 16.5. The van der Waals surface area contributed by atoms with E-state index in [1.807, 2.05) is 25.7 Å². The van der Waals surface area contributed by atoms with Gasteiger partial charge in [-0.3, -0.25) is 4.79 Å². The third-order valence-electron chi connectivity index (χ3n) is 5.51. The van der Waals surface area contributed by atoms with E-state index >= 15 is 0 Å². The van der Waals surface area contributed by atoms with Crippen LogP contribution in [0, 0.1) is 16.7 Å². The Kier molecular flexibility index (Phi) is 3.99. The number of hydrogen-bond donors (Lipinski definition) is 0. The molecule has 0 aromatic heterocycles. The molecule has 1 saturated carbocycles. The lowest BCUT2D eigenvalue weighted by atomic mass is 10.0. The molecule has 0 bridgehead atoms. The summed E-state index contributed by atoms with van der Waals surface area (Å²) in [6.07, 6.45) is -0.285. The van der Waals surface area contributed by atoms with E-state index in [0.717, 1.165) is 0 Å². The fourth-order valence-corrected chi connectivity index (χ4v) is 3.43. The monoisotopic (exact) mass is 310 g/mol. The molecule has 1 aliphatic heterocycles. The van der Waals surface area contributed by atoms with Crippen molar-refractivity contribution in [2.45, 2.75) is 54.1 Å². The molecule has 0 aromatic carbocycles. The molecule has 0 radical (unpaired) electrons. The highest BCUT2D eigenvalue weighted by Crippen LogP contribution is 2.68. The van der Waals surface area contributed by atoms with Gasteiger partial charge in [0.15, 0.2) is 0 Å². The quantitative estimate of drug-likeness (QED) is 0.748. The normalized spacial score (nSPS) is 24.1. The molecular formula is C17H30N2O3. The van der Waals surface area contributed by atoms with Crippen LogP contribution in [0.3, 0.4) is 0 Å². The van der Waals surface area contributed by atoms with Gasteiger partial charge in [0, 0.05) is 32.1 Å². The first-order valence-electron chi connectivity index (χ1n) is 8.14. The van der Waals surface area contributed by atoms with Crippen molar-refractivity contribution in [1.29, 1.82) is 0 Å². The van der Waals surface area contributed by atoms with Gasteiger partial charge in [-0.15, -0.1) is 0 Å². The highest BCUT2D eigenvalue weighted by atomic mass is 16.6. The molecule has 0 spiro atoms. The highest BCUT2D eigenvalue weighted by molar-refractivity contribution is 5.84. The van der Waals surface area contributed by atoms with Crippen LogP contribution in [0.2, 0.25) is 0 Å². The first-order valence-corrected chi connectivity index (χ1v) is 8.14. The molecule has 0 unspecified atom stereocenters. The molecule has 1 saturated heterocycles. The van der Waals surface area contributed by atoms with Crippen LogP contribution >= 0.6 is 0 Å². The zero-order valence-corrected chi connectivity index (χ0v) is 15.0. The predicted molar refractivity (Wildman–Crippen MR) is 85.4 cm³/mol. The minimum Gasteiger partial charge on any atom is -0.444 e. The molecule has 2 rings (SSSR count). The molecule has 0 atom stereocenters. The number of hydrogen-bond acceptors (Lipinski definition) is 3. The fraction of sp³-hybridized carbons (Fsp3) is 0.882. The van der Waals surface area contributed by atoms with Crippen LogP contribution in [0.25, 0.3) is 0 Å². The maximum Gasteiger partial charge on any atom is 0.410 e. The lowest BCUT2D eigenvalue weighted by molar-refractivity contribution is -0.135. The predicted octanol–water partition coefficient (Wildman–Crippen LogP) is 2.75. The second-order valence-electron chi connectivity index (χ2n) is 8.67. The minimum absolute atomic E-state index is 0.0619. The standard InChI is InChI=1S/C17H30N2O3/c1-15(2,3)22-14(21)19-10-8-18(9-11-19)13(20)12-16(4,5)17(12,6)7/h12H,8-11H2,1-7H3. The molecule has 5 heteroatoms. The van der Waals surface area contributed by atoms with Crippen molar-refractivity contribution in [1.82, 2.24) is 9.80 Å². The van der Waals surface area contributed by atoms with Gasteiger partial charge in [0.25, 0.3) is 0 Å². The maximum atomic E-state index is 12.7. The van der Waals surface area contributed by atoms with Crippen LogP contribution in [0.15, 0.2) is 0 Å². The number of carbonyl (C=O) groups excluding carboxylic acids is 2. The van der Waals surface area contributed by atoms with E-state index in [2.05, 4.69) is 27.7 Å². The van der Waals surface area contributed by atoms with Gasteiger partial charge in [-0.2, -0.15) is 0 Å². The number of rotatable bonds is 1. The van der Waals surface area contributed by atoms with Crippen LogP contribution in [0.4, 0.5) is 4.79 Å². The zero-order chi connectivity index (χ0) is 16.9. The summed E-state index contributed by atoms with van der Waals surface area (Å²) >= 11 is 0. The SMILES string of the molecule is CC(C)(C)OC(=O)N1CCN(C(=O)C2C(C)(C)C2(C)C)CC1. The Labute approximate surface area is 134 Å². The molecule has 1 heterocycles. The van der Waals surface area contributed by atoms with E-state index in [1.165, 1.54) is 0 Å². The van der Waals surface area contributed by atoms with Crippen molar-refractivity contribution < 1.29 is 14.3 Å². The molecule has 0 N–H and O–H groups in total. The maximum absolute atomic E-state index is 12.7. The smallest absolute Gasteiger partial charge is 0.410 e. The summed E-state index contributed by atoms with van der Waals surface area (Å²) in [7, 11) is 0. The van der Waals surface area contributed by atoms with Crippen molar-refractivity contribution in [3.05, 3.63) is 0 Å². The van der Waals surface area contributed by atoms with Crippen molar-refractivity contribution >= 4 is 12.0 Å². The van der Waals surface area contributed by atoms with E-state index in [4.69, 9.17) is 4.74 Å². The Hall–Kier alpha value is -1.26. The average Bonchev–Trinajstić information content (AvgIpc) is 2.77. The summed E-state index contributed by atoms with van der Waals surface area (Å²) in [5, 5.41) is 0. The molecule has 1 aliphatic carbocycles. The lowest BCUT2D eigenvalue weighted by Gasteiger charge is -2.36. The Morgan fingerprint density at radius 2 is 1.32 bits per heavy atom.